The summed E-state index contributed by atoms with van der Waals surface area (Å²) >= 11 is 17.6. The summed E-state index contributed by atoms with van der Waals surface area (Å²) in [5.74, 6) is -0.800. The van der Waals surface area contributed by atoms with Gasteiger partial charge in [-0.15, -0.1) is 0 Å². The van der Waals surface area contributed by atoms with Gasteiger partial charge in [0, 0.05) is 13.1 Å². The number of aliphatic hydroxyl groups is 1. The van der Waals surface area contributed by atoms with Crippen molar-refractivity contribution in [3.63, 3.8) is 0 Å². The highest BCUT2D eigenvalue weighted by atomic mass is 35.5. The fourth-order valence-electron chi connectivity index (χ4n) is 2.01. The van der Waals surface area contributed by atoms with Crippen LogP contribution in [0.3, 0.4) is 0 Å². The molecule has 0 atom stereocenters. The molecule has 7 heteroatoms. The number of carbonyl (C=O) groups is 1. The van der Waals surface area contributed by atoms with E-state index in [0.717, 1.165) is 0 Å². The highest BCUT2D eigenvalue weighted by Crippen LogP contribution is 2.39. The zero-order valence-electron chi connectivity index (χ0n) is 9.87. The van der Waals surface area contributed by atoms with E-state index in [2.05, 4.69) is 0 Å². The molecule has 1 aliphatic heterocycles. The van der Waals surface area contributed by atoms with E-state index >= 15 is 0 Å². The van der Waals surface area contributed by atoms with Gasteiger partial charge >= 0.3 is 0 Å². The first-order chi connectivity index (χ1) is 8.91. The second-order valence-corrected chi connectivity index (χ2v) is 5.59. The lowest BCUT2D eigenvalue weighted by atomic mass is 10.1. The molecule has 1 amide bonds. The number of rotatable bonds is 1. The van der Waals surface area contributed by atoms with Crippen molar-refractivity contribution >= 4 is 40.7 Å². The smallest absolute Gasteiger partial charge is 0.259 e. The largest absolute Gasteiger partial charge is 0.505 e. The molecule has 1 saturated heterocycles. The van der Waals surface area contributed by atoms with Crippen molar-refractivity contribution in [2.45, 2.75) is 18.9 Å². The van der Waals surface area contributed by atoms with Crippen molar-refractivity contribution < 1.29 is 15.0 Å². The SMILES string of the molecule is O=C(c1c(O)c(Cl)cc(Cl)c1Cl)N1CCC(O)CC1. The van der Waals surface area contributed by atoms with Gasteiger partial charge in [-0.1, -0.05) is 34.8 Å². The Balaban J connectivity index is 2.34. The molecule has 0 radical (unpaired) electrons. The summed E-state index contributed by atoms with van der Waals surface area (Å²) in [4.78, 5) is 13.8. The molecule has 2 N–H and O–H groups in total. The molecule has 19 heavy (non-hydrogen) atoms. The van der Waals surface area contributed by atoms with Crippen LogP contribution in [0, 0.1) is 0 Å². The lowest BCUT2D eigenvalue weighted by molar-refractivity contribution is 0.0544. The maximum atomic E-state index is 12.3. The van der Waals surface area contributed by atoms with Gasteiger partial charge in [0.1, 0.15) is 11.3 Å². The lowest BCUT2D eigenvalue weighted by Gasteiger charge is -2.30. The van der Waals surface area contributed by atoms with Gasteiger partial charge in [0.25, 0.3) is 5.91 Å². The summed E-state index contributed by atoms with van der Waals surface area (Å²) in [6.07, 6.45) is 0.604. The second kappa shape index (κ2) is 5.75. The summed E-state index contributed by atoms with van der Waals surface area (Å²) in [5, 5.41) is 19.4. The number of aromatic hydroxyl groups is 1. The third kappa shape index (κ3) is 2.92. The number of phenolic OH excluding ortho intramolecular Hbond substituents is 1. The topological polar surface area (TPSA) is 60.8 Å². The molecule has 1 heterocycles. The summed E-state index contributed by atoms with van der Waals surface area (Å²) in [6.45, 7) is 0.805. The average Bonchev–Trinajstić information content (AvgIpc) is 2.37. The normalized spacial score (nSPS) is 16.7. The summed E-state index contributed by atoms with van der Waals surface area (Å²) in [6, 6.07) is 1.29. The molecule has 1 aliphatic rings. The minimum absolute atomic E-state index is 0.0142. The van der Waals surface area contributed by atoms with Crippen LogP contribution in [0.4, 0.5) is 0 Å². The molecule has 0 aromatic heterocycles. The van der Waals surface area contributed by atoms with Crippen molar-refractivity contribution in [2.24, 2.45) is 0 Å². The van der Waals surface area contributed by atoms with Crippen LogP contribution >= 0.6 is 34.8 Å². The minimum Gasteiger partial charge on any atom is -0.505 e. The van der Waals surface area contributed by atoms with Crippen molar-refractivity contribution in [3.8, 4) is 5.75 Å². The van der Waals surface area contributed by atoms with Crippen molar-refractivity contribution in [2.75, 3.05) is 13.1 Å². The van der Waals surface area contributed by atoms with E-state index < -0.39 is 12.0 Å². The fraction of sp³-hybridized carbons (Fsp3) is 0.417. The molecule has 0 saturated carbocycles. The highest BCUT2D eigenvalue weighted by molar-refractivity contribution is 6.45. The Morgan fingerprint density at radius 3 is 2.37 bits per heavy atom. The van der Waals surface area contributed by atoms with Crippen LogP contribution in [0.5, 0.6) is 5.75 Å². The first-order valence-electron chi connectivity index (χ1n) is 5.75. The number of amides is 1. The number of phenols is 1. The molecule has 0 bridgehead atoms. The number of aliphatic hydroxyl groups excluding tert-OH is 1. The zero-order chi connectivity index (χ0) is 14.2. The zero-order valence-corrected chi connectivity index (χ0v) is 12.1. The van der Waals surface area contributed by atoms with Crippen molar-refractivity contribution in [3.05, 3.63) is 26.7 Å². The Morgan fingerprint density at radius 2 is 1.79 bits per heavy atom. The first-order valence-corrected chi connectivity index (χ1v) is 6.89. The maximum Gasteiger partial charge on any atom is 0.259 e. The summed E-state index contributed by atoms with van der Waals surface area (Å²) in [5.41, 5.74) is -0.0874. The van der Waals surface area contributed by atoms with Crippen LogP contribution in [0.15, 0.2) is 6.07 Å². The minimum atomic E-state index is -0.432. The Kier molecular flexibility index (Phi) is 4.46. The second-order valence-electron chi connectivity index (χ2n) is 4.40. The van der Waals surface area contributed by atoms with E-state index in [-0.39, 0.29) is 26.4 Å². The Bertz CT molecular complexity index is 487. The number of piperidine rings is 1. The lowest BCUT2D eigenvalue weighted by Crippen LogP contribution is -2.40. The van der Waals surface area contributed by atoms with Gasteiger partial charge in [0.15, 0.2) is 0 Å². The maximum absolute atomic E-state index is 12.3. The predicted octanol–water partition coefficient (Wildman–Crippen LogP) is 2.95. The standard InChI is InChI=1S/C12H12Cl3NO3/c13-7-5-8(14)11(18)9(10(7)15)12(19)16-3-1-6(17)2-4-16/h5-6,17-18H,1-4H2. The van der Waals surface area contributed by atoms with Crippen LogP contribution in [0.2, 0.25) is 15.1 Å². The van der Waals surface area contributed by atoms with Gasteiger partial charge in [0.05, 0.1) is 21.2 Å². The van der Waals surface area contributed by atoms with Crippen LogP contribution < -0.4 is 0 Å². The van der Waals surface area contributed by atoms with E-state index in [9.17, 15) is 15.0 Å². The van der Waals surface area contributed by atoms with Crippen LogP contribution in [0.25, 0.3) is 0 Å². The van der Waals surface area contributed by atoms with Crippen LogP contribution in [-0.2, 0) is 0 Å². The fourth-order valence-corrected chi connectivity index (χ4v) is 2.70. The molecular weight excluding hydrogens is 312 g/mol. The Morgan fingerprint density at radius 1 is 1.21 bits per heavy atom. The average molecular weight is 325 g/mol. The first kappa shape index (κ1) is 14.7. The number of carbonyl (C=O) groups excluding carboxylic acids is 1. The molecule has 1 aromatic rings. The number of benzene rings is 1. The van der Waals surface area contributed by atoms with E-state index in [0.29, 0.717) is 25.9 Å². The number of likely N-dealkylation sites (tertiary alicyclic amines) is 1. The van der Waals surface area contributed by atoms with Gasteiger partial charge in [-0.3, -0.25) is 4.79 Å². The molecule has 4 nitrogen and oxygen atoms in total. The molecule has 1 fully saturated rings. The molecule has 1 aromatic carbocycles. The highest BCUT2D eigenvalue weighted by Gasteiger charge is 2.28. The van der Waals surface area contributed by atoms with E-state index in [1.165, 1.54) is 11.0 Å². The van der Waals surface area contributed by atoms with E-state index in [4.69, 9.17) is 34.8 Å². The van der Waals surface area contributed by atoms with Crippen molar-refractivity contribution in [1.82, 2.24) is 4.90 Å². The molecular formula is C12H12Cl3NO3. The van der Waals surface area contributed by atoms with Gasteiger partial charge < -0.3 is 15.1 Å². The third-order valence-corrected chi connectivity index (χ3v) is 4.19. The number of nitrogens with zero attached hydrogens (tertiary/aromatic N) is 1. The van der Waals surface area contributed by atoms with Gasteiger partial charge in [0.2, 0.25) is 0 Å². The van der Waals surface area contributed by atoms with E-state index in [1.807, 2.05) is 0 Å². The van der Waals surface area contributed by atoms with Gasteiger partial charge in [-0.2, -0.15) is 0 Å². The molecule has 2 rings (SSSR count). The van der Waals surface area contributed by atoms with Crippen LogP contribution in [0.1, 0.15) is 23.2 Å². The monoisotopic (exact) mass is 323 g/mol. The summed E-state index contributed by atoms with van der Waals surface area (Å²) in [7, 11) is 0. The van der Waals surface area contributed by atoms with E-state index in [1.54, 1.807) is 0 Å². The van der Waals surface area contributed by atoms with Crippen molar-refractivity contribution in [1.29, 1.82) is 0 Å². The Hall–Kier alpha value is -0.680. The molecule has 0 unspecified atom stereocenters. The van der Waals surface area contributed by atoms with Gasteiger partial charge in [-0.05, 0) is 18.9 Å². The molecule has 0 spiro atoms. The molecule has 104 valence electrons. The quantitative estimate of drug-likeness (QED) is 0.781. The number of hydrogen-bond donors (Lipinski definition) is 2. The molecule has 0 aliphatic carbocycles. The summed E-state index contributed by atoms with van der Waals surface area (Å²) < 4.78 is 0. The number of halogens is 3. The Labute approximate surface area is 125 Å². The third-order valence-electron chi connectivity index (χ3n) is 3.11. The van der Waals surface area contributed by atoms with Crippen LogP contribution in [-0.4, -0.2) is 40.2 Å². The number of hydrogen-bond acceptors (Lipinski definition) is 3. The predicted molar refractivity (Wildman–Crippen MR) is 74.3 cm³/mol. The van der Waals surface area contributed by atoms with Gasteiger partial charge in [-0.25, -0.2) is 0 Å².